The van der Waals surface area contributed by atoms with Crippen LogP contribution in [-0.2, 0) is 16.1 Å². The quantitative estimate of drug-likeness (QED) is 0.610. The number of fused-ring (bicyclic) bond motifs is 1. The minimum Gasteiger partial charge on any atom is -0.466 e. The number of thioether (sulfide) groups is 1. The molecular formula is C24H34N2O2S. The second kappa shape index (κ2) is 9.13. The zero-order valence-corrected chi connectivity index (χ0v) is 18.8. The number of likely N-dealkylation sites (tertiary alicyclic amines) is 1. The van der Waals surface area contributed by atoms with E-state index in [9.17, 15) is 4.79 Å². The molecule has 0 amide bonds. The average Bonchev–Trinajstić information content (AvgIpc) is 2.67. The molecule has 158 valence electrons. The van der Waals surface area contributed by atoms with Crippen LogP contribution in [0.25, 0.3) is 0 Å². The van der Waals surface area contributed by atoms with Crippen LogP contribution in [0.15, 0.2) is 33.7 Å². The molecule has 0 atom stereocenters. The summed E-state index contributed by atoms with van der Waals surface area (Å²) in [7, 11) is 0. The predicted molar refractivity (Wildman–Crippen MR) is 120 cm³/mol. The number of nitrogens with zero attached hydrogens (tertiary/aromatic N) is 1. The van der Waals surface area contributed by atoms with E-state index in [1.807, 2.05) is 18.7 Å². The first-order chi connectivity index (χ1) is 14.0. The molecule has 0 unspecified atom stereocenters. The molecule has 1 N–H and O–H groups in total. The maximum absolute atomic E-state index is 11.6. The van der Waals surface area contributed by atoms with Gasteiger partial charge in [-0.3, -0.25) is 9.69 Å². The summed E-state index contributed by atoms with van der Waals surface area (Å²) in [5.74, 6) is 2.24. The van der Waals surface area contributed by atoms with Gasteiger partial charge in [0, 0.05) is 28.5 Å². The Morgan fingerprint density at radius 3 is 2.69 bits per heavy atom. The molecule has 2 heterocycles. The topological polar surface area (TPSA) is 41.6 Å². The molecule has 4 rings (SSSR count). The first-order valence-corrected chi connectivity index (χ1v) is 12.0. The Morgan fingerprint density at radius 2 is 1.97 bits per heavy atom. The van der Waals surface area contributed by atoms with Crippen LogP contribution < -0.4 is 5.32 Å². The molecule has 0 aromatic heterocycles. The molecule has 29 heavy (non-hydrogen) atoms. The molecule has 1 aliphatic carbocycles. The van der Waals surface area contributed by atoms with Crippen molar-refractivity contribution in [3.63, 3.8) is 0 Å². The fraction of sp³-hybridized carbons (Fsp3) is 0.625. The standard InChI is InChI=1S/C24H34N2O2S/c1-4-28-24(27)14-19-11-21(12-19)20-7-9-26(10-8-20)15-18-5-6-23-22(13-18)25-16(2)17(3)29-23/h5-6,13,19-21,25H,4,7-12,14-15H2,1-3H3. The highest BCUT2D eigenvalue weighted by atomic mass is 32.2. The molecular weight excluding hydrogens is 380 g/mol. The maximum Gasteiger partial charge on any atom is 0.306 e. The van der Waals surface area contributed by atoms with Crippen LogP contribution in [-0.4, -0.2) is 30.6 Å². The highest BCUT2D eigenvalue weighted by Gasteiger charge is 2.37. The lowest BCUT2D eigenvalue weighted by atomic mass is 9.65. The van der Waals surface area contributed by atoms with Gasteiger partial charge in [0.05, 0.1) is 12.3 Å². The van der Waals surface area contributed by atoms with Crippen molar-refractivity contribution in [2.45, 2.75) is 64.3 Å². The molecule has 3 aliphatic rings. The third-order valence-electron chi connectivity index (χ3n) is 6.90. The lowest BCUT2D eigenvalue weighted by molar-refractivity contribution is -0.145. The number of benzene rings is 1. The predicted octanol–water partition coefficient (Wildman–Crippen LogP) is 5.65. The Kier molecular flexibility index (Phi) is 6.55. The highest BCUT2D eigenvalue weighted by molar-refractivity contribution is 8.03. The molecule has 1 aromatic rings. The number of rotatable bonds is 6. The van der Waals surface area contributed by atoms with Gasteiger partial charge in [0.15, 0.2) is 0 Å². The monoisotopic (exact) mass is 414 g/mol. The van der Waals surface area contributed by atoms with Crippen molar-refractivity contribution in [2.75, 3.05) is 25.0 Å². The van der Waals surface area contributed by atoms with Crippen LogP contribution in [0.3, 0.4) is 0 Å². The molecule has 4 nitrogen and oxygen atoms in total. The number of ether oxygens (including phenoxy) is 1. The van der Waals surface area contributed by atoms with Crippen molar-refractivity contribution in [3.05, 3.63) is 34.4 Å². The maximum atomic E-state index is 11.6. The van der Waals surface area contributed by atoms with E-state index >= 15 is 0 Å². The van der Waals surface area contributed by atoms with Crippen molar-refractivity contribution in [1.29, 1.82) is 0 Å². The van der Waals surface area contributed by atoms with Crippen LogP contribution in [0.4, 0.5) is 5.69 Å². The normalized spacial score (nSPS) is 25.2. The number of hydrogen-bond acceptors (Lipinski definition) is 5. The molecule has 5 heteroatoms. The second-order valence-electron chi connectivity index (χ2n) is 8.96. The molecule has 1 saturated carbocycles. The number of esters is 1. The van der Waals surface area contributed by atoms with Crippen molar-refractivity contribution in [3.8, 4) is 0 Å². The molecule has 1 aromatic carbocycles. The van der Waals surface area contributed by atoms with E-state index in [1.54, 1.807) is 0 Å². The number of carbonyl (C=O) groups excluding carboxylic acids is 1. The molecule has 0 radical (unpaired) electrons. The lowest BCUT2D eigenvalue weighted by Gasteiger charge is -2.43. The number of hydrogen-bond donors (Lipinski definition) is 1. The van der Waals surface area contributed by atoms with Gasteiger partial charge in [-0.25, -0.2) is 0 Å². The summed E-state index contributed by atoms with van der Waals surface area (Å²) in [6, 6.07) is 6.89. The van der Waals surface area contributed by atoms with Crippen molar-refractivity contribution in [1.82, 2.24) is 4.90 Å². The van der Waals surface area contributed by atoms with Crippen molar-refractivity contribution < 1.29 is 9.53 Å². The van der Waals surface area contributed by atoms with Gasteiger partial charge in [-0.1, -0.05) is 17.8 Å². The summed E-state index contributed by atoms with van der Waals surface area (Å²) in [4.78, 5) is 16.9. The molecule has 0 spiro atoms. The van der Waals surface area contributed by atoms with Gasteiger partial charge < -0.3 is 10.1 Å². The van der Waals surface area contributed by atoms with E-state index in [0.717, 1.165) is 18.4 Å². The van der Waals surface area contributed by atoms with E-state index < -0.39 is 0 Å². The van der Waals surface area contributed by atoms with Gasteiger partial charge in [0.25, 0.3) is 0 Å². The highest BCUT2D eigenvalue weighted by Crippen LogP contribution is 2.44. The Labute approximate surface area is 179 Å². The van der Waals surface area contributed by atoms with E-state index in [2.05, 4.69) is 42.3 Å². The molecule has 2 aliphatic heterocycles. The SMILES string of the molecule is CCOC(=O)CC1CC(C2CCN(Cc3ccc4c(c3)NC(C)=C(C)S4)CC2)C1. The van der Waals surface area contributed by atoms with Gasteiger partial charge in [-0.05, 0) is 95.0 Å². The Balaban J connectivity index is 1.22. The van der Waals surface area contributed by atoms with Gasteiger partial charge in [-0.2, -0.15) is 0 Å². The van der Waals surface area contributed by atoms with Crippen molar-refractivity contribution >= 4 is 23.4 Å². The van der Waals surface area contributed by atoms with E-state index in [0.29, 0.717) is 18.9 Å². The van der Waals surface area contributed by atoms with Gasteiger partial charge in [-0.15, -0.1) is 0 Å². The van der Waals surface area contributed by atoms with Crippen LogP contribution in [0, 0.1) is 17.8 Å². The van der Waals surface area contributed by atoms with E-state index in [-0.39, 0.29) is 5.97 Å². The smallest absolute Gasteiger partial charge is 0.306 e. The van der Waals surface area contributed by atoms with E-state index in [1.165, 1.54) is 65.5 Å². The first kappa shape index (κ1) is 20.8. The van der Waals surface area contributed by atoms with Crippen LogP contribution in [0.5, 0.6) is 0 Å². The zero-order chi connectivity index (χ0) is 20.4. The molecule has 2 fully saturated rings. The average molecular weight is 415 g/mol. The number of anilines is 1. The third-order valence-corrected chi connectivity index (χ3v) is 8.08. The summed E-state index contributed by atoms with van der Waals surface area (Å²) in [5.41, 5.74) is 3.93. The van der Waals surface area contributed by atoms with Gasteiger partial charge in [0.2, 0.25) is 0 Å². The van der Waals surface area contributed by atoms with E-state index in [4.69, 9.17) is 4.74 Å². The Bertz CT molecular complexity index is 777. The van der Waals surface area contributed by atoms with Crippen LogP contribution in [0.2, 0.25) is 0 Å². The third kappa shape index (κ3) is 5.00. The van der Waals surface area contributed by atoms with Crippen molar-refractivity contribution in [2.24, 2.45) is 17.8 Å². The van der Waals surface area contributed by atoms with Gasteiger partial charge >= 0.3 is 5.97 Å². The minimum atomic E-state index is -0.00967. The zero-order valence-electron chi connectivity index (χ0n) is 18.0. The number of carbonyl (C=O) groups is 1. The van der Waals surface area contributed by atoms with Gasteiger partial charge in [0.1, 0.15) is 0 Å². The fourth-order valence-corrected chi connectivity index (χ4v) is 5.92. The molecule has 0 bridgehead atoms. The number of allylic oxidation sites excluding steroid dienone is 2. The summed E-state index contributed by atoms with van der Waals surface area (Å²) < 4.78 is 5.09. The minimum absolute atomic E-state index is 0.00967. The fourth-order valence-electron chi connectivity index (χ4n) is 5.03. The first-order valence-electron chi connectivity index (χ1n) is 11.1. The Morgan fingerprint density at radius 1 is 1.21 bits per heavy atom. The second-order valence-corrected chi connectivity index (χ2v) is 10.2. The summed E-state index contributed by atoms with van der Waals surface area (Å²) in [6.07, 6.45) is 5.68. The largest absolute Gasteiger partial charge is 0.466 e. The summed E-state index contributed by atoms with van der Waals surface area (Å²) in [6.45, 7) is 10.2. The number of piperidine rings is 1. The summed E-state index contributed by atoms with van der Waals surface area (Å²) >= 11 is 1.87. The summed E-state index contributed by atoms with van der Waals surface area (Å²) in [5, 5.41) is 3.56. The van der Waals surface area contributed by atoms with Crippen LogP contribution >= 0.6 is 11.8 Å². The Hall–Kier alpha value is -1.46. The molecule has 1 saturated heterocycles. The number of nitrogens with one attached hydrogen (secondary N) is 1. The lowest BCUT2D eigenvalue weighted by Crippen LogP contribution is -2.40. The van der Waals surface area contributed by atoms with Crippen LogP contribution in [0.1, 0.15) is 58.4 Å².